The smallest absolute Gasteiger partial charge is 0.251 e. The first-order chi connectivity index (χ1) is 15.6. The van der Waals surface area contributed by atoms with Crippen LogP contribution in [-0.2, 0) is 0 Å². The van der Waals surface area contributed by atoms with E-state index in [-0.39, 0.29) is 11.8 Å². The molecule has 174 valence electrons. The Bertz CT molecular complexity index is 734. The highest BCUT2D eigenvalue weighted by atomic mass is 16.5. The van der Waals surface area contributed by atoms with Crippen LogP contribution >= 0.6 is 0 Å². The van der Waals surface area contributed by atoms with Crippen LogP contribution in [0.3, 0.4) is 0 Å². The quantitative estimate of drug-likeness (QED) is 0.383. The highest BCUT2D eigenvalue weighted by Crippen LogP contribution is 2.14. The molecule has 0 atom stereocenters. The van der Waals surface area contributed by atoms with Gasteiger partial charge in [-0.2, -0.15) is 0 Å². The number of amides is 2. The fourth-order valence-corrected chi connectivity index (χ4v) is 3.05. The molecule has 0 spiro atoms. The number of carbonyl (C=O) groups excluding carboxylic acids is 2. The average Bonchev–Trinajstić information content (AvgIpc) is 2.83. The van der Waals surface area contributed by atoms with Crippen molar-refractivity contribution in [2.24, 2.45) is 0 Å². The second kappa shape index (κ2) is 14.9. The summed E-state index contributed by atoms with van der Waals surface area (Å²) >= 11 is 0. The first-order valence-electron chi connectivity index (χ1n) is 11.7. The van der Waals surface area contributed by atoms with Crippen molar-refractivity contribution in [2.45, 2.75) is 52.4 Å². The predicted molar refractivity (Wildman–Crippen MR) is 128 cm³/mol. The zero-order valence-corrected chi connectivity index (χ0v) is 19.3. The number of hydrogen-bond acceptors (Lipinski definition) is 4. The van der Waals surface area contributed by atoms with Crippen molar-refractivity contribution in [3.8, 4) is 11.5 Å². The van der Waals surface area contributed by atoms with E-state index in [0.29, 0.717) is 37.4 Å². The van der Waals surface area contributed by atoms with E-state index in [0.717, 1.165) is 50.0 Å². The fourth-order valence-electron chi connectivity index (χ4n) is 3.05. The monoisotopic (exact) mass is 440 g/mol. The van der Waals surface area contributed by atoms with Crippen LogP contribution in [0.15, 0.2) is 48.5 Å². The van der Waals surface area contributed by atoms with E-state index in [4.69, 9.17) is 9.47 Å². The largest absolute Gasteiger partial charge is 0.494 e. The van der Waals surface area contributed by atoms with Gasteiger partial charge in [0.15, 0.2) is 0 Å². The minimum Gasteiger partial charge on any atom is -0.494 e. The van der Waals surface area contributed by atoms with Crippen LogP contribution in [0.5, 0.6) is 11.5 Å². The molecule has 0 bridgehead atoms. The Morgan fingerprint density at radius 2 is 1.00 bits per heavy atom. The van der Waals surface area contributed by atoms with E-state index in [1.165, 1.54) is 0 Å². The lowest BCUT2D eigenvalue weighted by Gasteiger charge is -2.09. The molecule has 2 rings (SSSR count). The molecule has 0 fully saturated rings. The van der Waals surface area contributed by atoms with Crippen LogP contribution in [0.25, 0.3) is 0 Å². The molecule has 2 aromatic rings. The standard InChI is InChI=1S/C26H36N2O4/c1-3-5-7-19-31-23-13-9-21(10-14-23)25(29)27-17-18-28-26(30)22-11-15-24(16-12-22)32-20-8-6-4-2/h9-16H,3-8,17-20H2,1-2H3,(H,27,29)(H,28,30). The second-order valence-corrected chi connectivity index (χ2v) is 7.67. The van der Waals surface area contributed by atoms with Crippen LogP contribution in [0.2, 0.25) is 0 Å². The summed E-state index contributed by atoms with van der Waals surface area (Å²) in [4.78, 5) is 24.5. The zero-order valence-electron chi connectivity index (χ0n) is 19.3. The molecule has 0 aliphatic heterocycles. The molecule has 0 saturated heterocycles. The van der Waals surface area contributed by atoms with Gasteiger partial charge in [-0.1, -0.05) is 39.5 Å². The molecule has 2 N–H and O–H groups in total. The van der Waals surface area contributed by atoms with Crippen molar-refractivity contribution in [2.75, 3.05) is 26.3 Å². The molecule has 0 aliphatic carbocycles. The molecule has 2 amide bonds. The summed E-state index contributed by atoms with van der Waals surface area (Å²) in [6.07, 6.45) is 6.67. The van der Waals surface area contributed by atoms with E-state index in [1.807, 2.05) is 0 Å². The van der Waals surface area contributed by atoms with Gasteiger partial charge < -0.3 is 20.1 Å². The van der Waals surface area contributed by atoms with Gasteiger partial charge in [0.05, 0.1) is 13.2 Å². The third kappa shape index (κ3) is 9.41. The number of rotatable bonds is 15. The number of carbonyl (C=O) groups is 2. The summed E-state index contributed by atoms with van der Waals surface area (Å²) in [7, 11) is 0. The summed E-state index contributed by atoms with van der Waals surface area (Å²) in [5.74, 6) is 1.17. The fraction of sp³-hybridized carbons (Fsp3) is 0.462. The maximum Gasteiger partial charge on any atom is 0.251 e. The van der Waals surface area contributed by atoms with Crippen molar-refractivity contribution in [3.05, 3.63) is 59.7 Å². The molecule has 32 heavy (non-hydrogen) atoms. The minimum atomic E-state index is -0.179. The summed E-state index contributed by atoms with van der Waals surface area (Å²) in [6, 6.07) is 14.2. The molecule has 0 aliphatic rings. The van der Waals surface area contributed by atoms with Crippen LogP contribution in [0.4, 0.5) is 0 Å². The van der Waals surface area contributed by atoms with Crippen molar-refractivity contribution in [1.29, 1.82) is 0 Å². The summed E-state index contributed by atoms with van der Waals surface area (Å²) < 4.78 is 11.3. The van der Waals surface area contributed by atoms with Crippen molar-refractivity contribution in [3.63, 3.8) is 0 Å². The third-order valence-electron chi connectivity index (χ3n) is 4.96. The van der Waals surface area contributed by atoms with Gasteiger partial charge in [0.1, 0.15) is 11.5 Å². The zero-order chi connectivity index (χ0) is 23.0. The molecule has 0 saturated carbocycles. The number of hydrogen-bond donors (Lipinski definition) is 2. The van der Waals surface area contributed by atoms with E-state index in [2.05, 4.69) is 24.5 Å². The minimum absolute atomic E-state index is 0.179. The van der Waals surface area contributed by atoms with Crippen LogP contribution < -0.4 is 20.1 Å². The normalized spacial score (nSPS) is 10.4. The van der Waals surface area contributed by atoms with Gasteiger partial charge >= 0.3 is 0 Å². The van der Waals surface area contributed by atoms with Gasteiger partial charge in [0.2, 0.25) is 0 Å². The summed E-state index contributed by atoms with van der Waals surface area (Å²) in [5.41, 5.74) is 1.12. The van der Waals surface area contributed by atoms with Gasteiger partial charge in [-0.15, -0.1) is 0 Å². The molecule has 0 radical (unpaired) electrons. The van der Waals surface area contributed by atoms with Crippen molar-refractivity contribution < 1.29 is 19.1 Å². The molecule has 2 aromatic carbocycles. The molecule has 0 heterocycles. The Morgan fingerprint density at radius 1 is 0.625 bits per heavy atom. The van der Waals surface area contributed by atoms with Crippen molar-refractivity contribution >= 4 is 11.8 Å². The topological polar surface area (TPSA) is 76.7 Å². The lowest BCUT2D eigenvalue weighted by molar-refractivity contribution is 0.0927. The van der Waals surface area contributed by atoms with E-state index in [9.17, 15) is 9.59 Å². The number of benzene rings is 2. The summed E-state index contributed by atoms with van der Waals surface area (Å²) in [5, 5.41) is 5.63. The Kier molecular flexibility index (Phi) is 11.7. The molecule has 0 unspecified atom stereocenters. The Hall–Kier alpha value is -3.02. The number of nitrogens with one attached hydrogen (secondary N) is 2. The number of unbranched alkanes of at least 4 members (excludes halogenated alkanes) is 4. The molecule has 6 heteroatoms. The Morgan fingerprint density at radius 3 is 1.34 bits per heavy atom. The van der Waals surface area contributed by atoms with E-state index < -0.39 is 0 Å². The van der Waals surface area contributed by atoms with Gasteiger partial charge in [-0.05, 0) is 61.4 Å². The SMILES string of the molecule is CCCCCOc1ccc(C(=O)NCCNC(=O)c2ccc(OCCCCC)cc2)cc1. The molecule has 0 aromatic heterocycles. The van der Waals surface area contributed by atoms with Gasteiger partial charge in [-0.25, -0.2) is 0 Å². The molecular formula is C26H36N2O4. The maximum atomic E-state index is 12.3. The lowest BCUT2D eigenvalue weighted by atomic mass is 10.2. The van der Waals surface area contributed by atoms with E-state index >= 15 is 0 Å². The highest BCUT2D eigenvalue weighted by molar-refractivity contribution is 5.95. The maximum absolute atomic E-state index is 12.3. The Balaban J connectivity index is 1.65. The first kappa shape index (κ1) is 25.2. The highest BCUT2D eigenvalue weighted by Gasteiger charge is 2.07. The van der Waals surface area contributed by atoms with Gasteiger partial charge in [0.25, 0.3) is 11.8 Å². The van der Waals surface area contributed by atoms with Gasteiger partial charge in [-0.3, -0.25) is 9.59 Å². The molecular weight excluding hydrogens is 404 g/mol. The van der Waals surface area contributed by atoms with Crippen LogP contribution in [0.1, 0.15) is 73.1 Å². The lowest BCUT2D eigenvalue weighted by Crippen LogP contribution is -2.34. The first-order valence-corrected chi connectivity index (χ1v) is 11.7. The number of ether oxygens (including phenoxy) is 2. The van der Waals surface area contributed by atoms with Gasteiger partial charge in [0, 0.05) is 24.2 Å². The second-order valence-electron chi connectivity index (χ2n) is 7.67. The van der Waals surface area contributed by atoms with Crippen LogP contribution in [-0.4, -0.2) is 38.1 Å². The third-order valence-corrected chi connectivity index (χ3v) is 4.96. The predicted octanol–water partition coefficient (Wildman–Crippen LogP) is 4.98. The summed E-state index contributed by atoms with van der Waals surface area (Å²) in [6.45, 7) is 6.38. The molecule has 6 nitrogen and oxygen atoms in total. The average molecular weight is 441 g/mol. The Labute approximate surface area is 191 Å². The van der Waals surface area contributed by atoms with Crippen LogP contribution in [0, 0.1) is 0 Å². The van der Waals surface area contributed by atoms with E-state index in [1.54, 1.807) is 48.5 Å². The van der Waals surface area contributed by atoms with Crippen molar-refractivity contribution in [1.82, 2.24) is 10.6 Å².